The van der Waals surface area contributed by atoms with E-state index in [1.54, 1.807) is 22.2 Å². The van der Waals surface area contributed by atoms with Crippen LogP contribution < -0.4 is 10.9 Å². The van der Waals surface area contributed by atoms with Crippen LogP contribution in [0.5, 0.6) is 0 Å². The summed E-state index contributed by atoms with van der Waals surface area (Å²) in [5, 5.41) is 6.01. The lowest BCUT2D eigenvalue weighted by Gasteiger charge is -2.06. The van der Waals surface area contributed by atoms with Crippen LogP contribution in [-0.2, 0) is 13.1 Å². The largest absolute Gasteiger partial charge is 0.468 e. The van der Waals surface area contributed by atoms with Crippen molar-refractivity contribution >= 4 is 21.4 Å². The van der Waals surface area contributed by atoms with Crippen LogP contribution in [0.25, 0.3) is 10.1 Å². The topological polar surface area (TPSA) is 47.2 Å². The summed E-state index contributed by atoms with van der Waals surface area (Å²) < 4.78 is 8.01. The molecule has 3 aromatic rings. The third-order valence-corrected chi connectivity index (χ3v) is 3.88. The first-order valence-electron chi connectivity index (χ1n) is 6.14. The Morgan fingerprint density at radius 3 is 3.11 bits per heavy atom. The van der Waals surface area contributed by atoms with Gasteiger partial charge in [0.25, 0.3) is 5.56 Å². The van der Waals surface area contributed by atoms with Crippen molar-refractivity contribution < 1.29 is 4.42 Å². The fraction of sp³-hybridized carbons (Fsp3) is 0.214. The van der Waals surface area contributed by atoms with Crippen molar-refractivity contribution in [3.63, 3.8) is 0 Å². The van der Waals surface area contributed by atoms with E-state index in [4.69, 9.17) is 4.42 Å². The summed E-state index contributed by atoms with van der Waals surface area (Å²) >= 11 is 1.60. The maximum absolute atomic E-state index is 12.1. The number of aromatic nitrogens is 1. The predicted molar refractivity (Wildman–Crippen MR) is 76.5 cm³/mol. The number of hydrogen-bond donors (Lipinski definition) is 1. The Balaban J connectivity index is 1.62. The van der Waals surface area contributed by atoms with E-state index in [1.165, 1.54) is 0 Å². The van der Waals surface area contributed by atoms with Gasteiger partial charge in [-0.3, -0.25) is 4.79 Å². The molecule has 98 valence electrons. The standard InChI is InChI=1S/C14H14N2O2S/c17-14-12-4-9-19-13(12)3-6-16(14)7-5-15-10-11-2-1-8-18-11/h1-4,6,8-9,15H,5,7,10H2. The van der Waals surface area contributed by atoms with Crippen molar-refractivity contribution in [3.05, 3.63) is 58.2 Å². The average molecular weight is 274 g/mol. The summed E-state index contributed by atoms with van der Waals surface area (Å²) in [6.07, 6.45) is 3.52. The number of pyridine rings is 1. The van der Waals surface area contributed by atoms with Gasteiger partial charge in [-0.2, -0.15) is 0 Å². The molecule has 0 spiro atoms. The number of nitrogens with one attached hydrogen (secondary N) is 1. The monoisotopic (exact) mass is 274 g/mol. The van der Waals surface area contributed by atoms with Crippen LogP contribution in [-0.4, -0.2) is 11.1 Å². The van der Waals surface area contributed by atoms with E-state index in [1.807, 2.05) is 35.8 Å². The van der Waals surface area contributed by atoms with Crippen molar-refractivity contribution in [2.24, 2.45) is 0 Å². The molecule has 0 amide bonds. The van der Waals surface area contributed by atoms with Crippen LogP contribution >= 0.6 is 11.3 Å². The maximum atomic E-state index is 12.1. The second kappa shape index (κ2) is 5.42. The van der Waals surface area contributed by atoms with E-state index in [0.717, 1.165) is 22.4 Å². The van der Waals surface area contributed by atoms with Gasteiger partial charge in [0.1, 0.15) is 5.76 Å². The number of thiophene rings is 1. The summed E-state index contributed by atoms with van der Waals surface area (Å²) in [6, 6.07) is 7.67. The molecule has 19 heavy (non-hydrogen) atoms. The molecule has 0 saturated carbocycles. The molecule has 0 aliphatic heterocycles. The lowest BCUT2D eigenvalue weighted by molar-refractivity contribution is 0.475. The quantitative estimate of drug-likeness (QED) is 0.727. The summed E-state index contributed by atoms with van der Waals surface area (Å²) in [6.45, 7) is 2.07. The molecule has 3 rings (SSSR count). The van der Waals surface area contributed by atoms with Gasteiger partial charge in [-0.1, -0.05) is 0 Å². The average Bonchev–Trinajstić information content (AvgIpc) is 3.08. The molecule has 4 nitrogen and oxygen atoms in total. The van der Waals surface area contributed by atoms with Gasteiger partial charge in [0.05, 0.1) is 18.2 Å². The minimum Gasteiger partial charge on any atom is -0.468 e. The van der Waals surface area contributed by atoms with Crippen molar-refractivity contribution in [2.45, 2.75) is 13.1 Å². The van der Waals surface area contributed by atoms with Crippen LogP contribution in [0.4, 0.5) is 0 Å². The van der Waals surface area contributed by atoms with Gasteiger partial charge in [0.2, 0.25) is 0 Å². The molecule has 1 N–H and O–H groups in total. The van der Waals surface area contributed by atoms with Crippen LogP contribution in [0.1, 0.15) is 5.76 Å². The second-order valence-corrected chi connectivity index (χ2v) is 5.22. The number of nitrogens with zero attached hydrogens (tertiary/aromatic N) is 1. The second-order valence-electron chi connectivity index (χ2n) is 4.27. The fourth-order valence-electron chi connectivity index (χ4n) is 2.01. The van der Waals surface area contributed by atoms with Crippen LogP contribution in [0, 0.1) is 0 Å². The minimum absolute atomic E-state index is 0.0820. The highest BCUT2D eigenvalue weighted by molar-refractivity contribution is 7.17. The highest BCUT2D eigenvalue weighted by Crippen LogP contribution is 2.15. The van der Waals surface area contributed by atoms with Crippen molar-refractivity contribution in [1.29, 1.82) is 0 Å². The van der Waals surface area contributed by atoms with Crippen molar-refractivity contribution in [3.8, 4) is 0 Å². The highest BCUT2D eigenvalue weighted by atomic mass is 32.1. The molecule has 0 fully saturated rings. The fourth-order valence-corrected chi connectivity index (χ4v) is 2.78. The van der Waals surface area contributed by atoms with E-state index in [2.05, 4.69) is 5.32 Å². The van der Waals surface area contributed by atoms with E-state index in [9.17, 15) is 4.79 Å². The molecular formula is C14H14N2O2S. The summed E-state index contributed by atoms with van der Waals surface area (Å²) in [5.74, 6) is 0.903. The molecule has 3 aromatic heterocycles. The molecule has 0 radical (unpaired) electrons. The Labute approximate surface area is 114 Å². The first-order valence-corrected chi connectivity index (χ1v) is 7.02. The summed E-state index contributed by atoms with van der Waals surface area (Å²) in [4.78, 5) is 12.1. The summed E-state index contributed by atoms with van der Waals surface area (Å²) in [7, 11) is 0. The molecule has 0 atom stereocenters. The van der Waals surface area contributed by atoms with Gasteiger partial charge in [-0.05, 0) is 29.6 Å². The zero-order valence-electron chi connectivity index (χ0n) is 10.3. The molecule has 0 aromatic carbocycles. The Morgan fingerprint density at radius 1 is 1.32 bits per heavy atom. The number of hydrogen-bond acceptors (Lipinski definition) is 4. The van der Waals surface area contributed by atoms with Gasteiger partial charge >= 0.3 is 0 Å². The van der Waals surface area contributed by atoms with Gasteiger partial charge in [-0.25, -0.2) is 0 Å². The first-order chi connectivity index (χ1) is 9.34. The molecule has 0 bridgehead atoms. The van der Waals surface area contributed by atoms with Gasteiger partial charge < -0.3 is 14.3 Å². The molecule has 0 aliphatic rings. The smallest absolute Gasteiger partial charge is 0.259 e. The molecule has 0 unspecified atom stereocenters. The van der Waals surface area contributed by atoms with Gasteiger partial charge in [0, 0.05) is 24.0 Å². The minimum atomic E-state index is 0.0820. The van der Waals surface area contributed by atoms with Crippen LogP contribution in [0.15, 0.2) is 51.3 Å². The lowest BCUT2D eigenvalue weighted by atomic mass is 10.3. The van der Waals surface area contributed by atoms with Crippen molar-refractivity contribution in [1.82, 2.24) is 9.88 Å². The molecule has 5 heteroatoms. The Morgan fingerprint density at radius 2 is 2.26 bits per heavy atom. The van der Waals surface area contributed by atoms with Gasteiger partial charge in [-0.15, -0.1) is 11.3 Å². The molecule has 0 saturated heterocycles. The van der Waals surface area contributed by atoms with Crippen LogP contribution in [0.2, 0.25) is 0 Å². The molecular weight excluding hydrogens is 260 g/mol. The molecule has 3 heterocycles. The predicted octanol–water partition coefficient (Wildman–Crippen LogP) is 2.45. The SMILES string of the molecule is O=c1c2ccsc2ccn1CCNCc1ccco1. The number of rotatable bonds is 5. The highest BCUT2D eigenvalue weighted by Gasteiger charge is 2.03. The maximum Gasteiger partial charge on any atom is 0.259 e. The van der Waals surface area contributed by atoms with E-state index in [0.29, 0.717) is 13.1 Å². The lowest BCUT2D eigenvalue weighted by Crippen LogP contribution is -2.26. The zero-order valence-corrected chi connectivity index (χ0v) is 11.2. The molecule has 0 aliphatic carbocycles. The first kappa shape index (κ1) is 12.2. The number of furan rings is 1. The summed E-state index contributed by atoms with van der Waals surface area (Å²) in [5.41, 5.74) is 0.0820. The normalized spacial score (nSPS) is 11.2. The van der Waals surface area contributed by atoms with E-state index < -0.39 is 0 Å². The van der Waals surface area contributed by atoms with E-state index in [-0.39, 0.29) is 5.56 Å². The third-order valence-electron chi connectivity index (χ3n) is 3.00. The Bertz CT molecular complexity index is 712. The van der Waals surface area contributed by atoms with Crippen molar-refractivity contribution in [2.75, 3.05) is 6.54 Å². The van der Waals surface area contributed by atoms with Gasteiger partial charge in [0.15, 0.2) is 0 Å². The third kappa shape index (κ3) is 2.62. The Hall–Kier alpha value is -1.85. The van der Waals surface area contributed by atoms with Crippen LogP contribution in [0.3, 0.4) is 0 Å². The zero-order chi connectivity index (χ0) is 13.1. The van der Waals surface area contributed by atoms with E-state index >= 15 is 0 Å². The number of fused-ring (bicyclic) bond motifs is 1. The Kier molecular flexibility index (Phi) is 3.48.